The van der Waals surface area contributed by atoms with E-state index in [1.54, 1.807) is 132 Å². The number of amides is 3. The van der Waals surface area contributed by atoms with E-state index in [9.17, 15) is 124 Å². The molecule has 0 saturated carbocycles. The van der Waals surface area contributed by atoms with Crippen LogP contribution >= 0.6 is 68.8 Å². The number of aromatic amines is 2. The van der Waals surface area contributed by atoms with Gasteiger partial charge in [0, 0.05) is 51.7 Å². The third kappa shape index (κ3) is 35.5. The first kappa shape index (κ1) is 116. The summed E-state index contributed by atoms with van der Waals surface area (Å²) in [5, 5.41) is 35.6. The van der Waals surface area contributed by atoms with Gasteiger partial charge in [-0.15, -0.1) is 0 Å². The number of anilines is 3. The third-order valence-corrected chi connectivity index (χ3v) is 30.7. The SMILES string of the molecule is CCCCC(=O)Nc1cc[n+]([C@@H]2O[C@H](COP(=O)([O-])OP(=O)([O-])CC(=O)O)C(OC(=O)Oc3ccccc3)[C@@H]2OC(=O)Oc2ccccc2)c(=O)[nH]1.NC(CCCP(=O)([O-])OP(=O)([O-])OC[C@H]1O[C@@H](n2ccc(NC(=O)Nc3ccccc3)nc2=O)[C@@H](OC(=O)Oc2ccccc2)C1O)C(=O)O.O=C(OC1[C@@H](COP(=O)([O-])OP(=O)([O-])c2ccccc2I)O[C@@H](n2ccc(=O)[nH]c2=O)[C@H]1OC(=O)c1ccccc1)c1ccccc1. The number of aliphatic carboxylic acids is 2. The van der Waals surface area contributed by atoms with E-state index in [0.717, 1.165) is 50.8 Å². The molecule has 3 aliphatic rings. The number of aliphatic hydroxyl groups is 1. The molecule has 10 unspecified atom stereocenters. The Kier molecular flexibility index (Phi) is 41.6. The highest BCUT2D eigenvalue weighted by molar-refractivity contribution is 14.1. The topological polar surface area (TPSA) is 801 Å². The summed E-state index contributed by atoms with van der Waals surface area (Å²) in [4.78, 5) is 245. The number of carbonyl (C=O) groups excluding carboxylic acids is 7. The van der Waals surface area contributed by atoms with Crippen molar-refractivity contribution in [2.45, 2.75) is 119 Å². The van der Waals surface area contributed by atoms with Gasteiger partial charge in [-0.3, -0.25) is 70.6 Å². The van der Waals surface area contributed by atoms with Crippen LogP contribution in [0.2, 0.25) is 0 Å². The minimum Gasteiger partial charge on any atom is -0.778 e. The van der Waals surface area contributed by atoms with Gasteiger partial charge in [-0.05, 0) is 133 Å². The molecule has 55 nitrogen and oxygen atoms in total. The molecular weight excluding hydrogens is 2220 g/mol. The number of urea groups is 1. The lowest BCUT2D eigenvalue weighted by molar-refractivity contribution is -0.779. The molecule has 7 aromatic carbocycles. The lowest BCUT2D eigenvalue weighted by Gasteiger charge is -2.32. The van der Waals surface area contributed by atoms with Crippen LogP contribution in [-0.4, -0.2) is 187 Å². The number of carbonyl (C=O) groups is 9. The fourth-order valence-electron chi connectivity index (χ4n) is 13.5. The number of nitrogens with two attached hydrogens (primary N) is 1. The number of nitrogens with one attached hydrogen (secondary N) is 5. The molecule has 19 atom stereocenters. The van der Waals surface area contributed by atoms with Crippen molar-refractivity contribution in [2.75, 3.05) is 48.1 Å². The molecule has 3 fully saturated rings. The van der Waals surface area contributed by atoms with Crippen LogP contribution in [0.3, 0.4) is 0 Å². The number of unbranched alkanes of at least 4 members (excludes halogenated alkanes) is 1. The fourth-order valence-corrected chi connectivity index (χ4v) is 22.3. The summed E-state index contributed by atoms with van der Waals surface area (Å²) in [6.45, 7) is -1.42. The van der Waals surface area contributed by atoms with Crippen molar-refractivity contribution in [3.8, 4) is 17.2 Å². The molecule has 3 saturated heterocycles. The van der Waals surface area contributed by atoms with E-state index in [1.165, 1.54) is 103 Å². The Labute approximate surface area is 852 Å². The Morgan fingerprint density at radius 2 is 0.966 bits per heavy atom. The zero-order valence-corrected chi connectivity index (χ0v) is 84.1. The van der Waals surface area contributed by atoms with Gasteiger partial charge in [-0.2, -0.15) is 19.3 Å². The van der Waals surface area contributed by atoms with Crippen molar-refractivity contribution in [2.24, 2.45) is 5.73 Å². The number of esters is 2. The molecule has 0 spiro atoms. The second-order valence-electron chi connectivity index (χ2n) is 31.1. The average molecular weight is 2300 g/mol. The van der Waals surface area contributed by atoms with Crippen molar-refractivity contribution in [1.82, 2.24) is 24.1 Å². The zero-order valence-electron chi connectivity index (χ0n) is 76.6. The number of hydrogen-bond donors (Lipinski definition) is 9. The van der Waals surface area contributed by atoms with Gasteiger partial charge in [0.2, 0.25) is 24.1 Å². The largest absolute Gasteiger partial charge is 0.778 e. The summed E-state index contributed by atoms with van der Waals surface area (Å²) in [5.41, 5.74) is 2.11. The van der Waals surface area contributed by atoms with Gasteiger partial charge in [0.25, 0.3) is 29.0 Å². The van der Waals surface area contributed by atoms with Crippen LogP contribution in [0.15, 0.2) is 262 Å². The smallest absolute Gasteiger partial charge is 0.514 e. The number of benzene rings is 7. The summed E-state index contributed by atoms with van der Waals surface area (Å²) in [6, 6.07) is 53.0. The molecule has 62 heteroatoms. The Balaban J connectivity index is 0.000000212. The molecule has 3 aromatic heterocycles. The van der Waals surface area contributed by atoms with Gasteiger partial charge >= 0.3 is 65.4 Å². The minimum atomic E-state index is -5.85. The molecule has 10 aromatic rings. The third-order valence-electron chi connectivity index (χ3n) is 20.2. The maximum atomic E-state index is 13.3. The number of nitrogens with zero attached hydrogens (tertiary/aromatic N) is 4. The Morgan fingerprint density at radius 3 is 1.48 bits per heavy atom. The predicted octanol–water partition coefficient (Wildman–Crippen LogP) is 4.84. The van der Waals surface area contributed by atoms with Crippen LogP contribution in [0, 0.1) is 3.57 Å². The standard InChI is InChI=1S/C30H33N3O17P2.C29H25IN2O13P2.C28H33N5O15P2/c1-2-3-14-23(34)31-22-15-16-33(28(37)32-22)27-26(49-30(39)46-20-12-8-5-9-13-20)25(48-29(38)45-19-10-6-4-7-11-19)21(47-27)17-44-52(42,43)50-51(40,41)18-24(35)36;30-20-13-7-8-14-22(20)46(37,38)45-47(39,40)41-17-21-24(43-27(34)18-9-3-1-4-10-18)25(44-28(35)19-11-5-2-6-12-19)26(42-21)32-16-15-23(33)31-29(32)36;29-19(25(35)36)12-7-15-49(40,41)48-50(42,43)44-16-20-22(34)23(47-28(39)45-18-10-5-2-6-11-18)24(46-20)33-14-13-21(32-27(33)38)31-26(37)30-17-8-3-1-4-9-17/h4-13,15-16,21,25-27H,2-3,14,17-18H2,1H3,(H4,31,32,34,35,36,37,40,41,42,43);1-16,21,24-26H,17H2,(H,37,38)(H,39,40)(H,31,33,36);1-6,8-11,13-14,19-20,22-24,34H,7,12,15-16,29H2,(H,35,36)(H,40,41)(H,42,43)(H2,30,31,32,37,38)/p-5/t21-,25?,26+,27-;21-,24?,25+,26-;19?,20-,22?,23+,24-/m111/s1. The van der Waals surface area contributed by atoms with Crippen molar-refractivity contribution >= 4 is 146 Å². The number of H-pyrrole nitrogens is 2. The van der Waals surface area contributed by atoms with E-state index in [4.69, 9.17) is 72.6 Å². The maximum Gasteiger partial charge on any atom is 0.514 e. The Hall–Kier alpha value is -13.2. The first-order chi connectivity index (χ1) is 70.6. The predicted molar refractivity (Wildman–Crippen MR) is 503 cm³/mol. The number of carboxylic acids is 2. The zero-order chi connectivity index (χ0) is 108. The number of ether oxygens (including phenoxy) is 11. The molecule has 149 heavy (non-hydrogen) atoms. The second-order valence-corrected chi connectivity index (χ2v) is 42.4. The fraction of sp³-hybridized carbons (Fsp3) is 0.276. The quantitative estimate of drug-likeness (QED) is 0.00617. The number of phosphoric ester groups is 3. The van der Waals surface area contributed by atoms with Crippen LogP contribution < -0.4 is 97.8 Å². The van der Waals surface area contributed by atoms with Gasteiger partial charge in [0.1, 0.15) is 73.5 Å². The van der Waals surface area contributed by atoms with E-state index in [0.29, 0.717) is 12.1 Å². The van der Waals surface area contributed by atoms with Crippen LogP contribution in [0.25, 0.3) is 0 Å². The summed E-state index contributed by atoms with van der Waals surface area (Å²) in [7, 11) is -33.0. The van der Waals surface area contributed by atoms with Gasteiger partial charge in [-0.25, -0.2) is 38.4 Å². The number of phosphoric acid groups is 3. The lowest BCUT2D eigenvalue weighted by atomic mass is 10.1. The first-order valence-corrected chi connectivity index (χ1v) is 53.9. The van der Waals surface area contributed by atoms with E-state index >= 15 is 0 Å². The molecule has 0 aliphatic carbocycles. The van der Waals surface area contributed by atoms with Crippen LogP contribution in [-0.2, 0) is 106 Å². The van der Waals surface area contributed by atoms with Crippen LogP contribution in [0.4, 0.5) is 36.5 Å². The number of para-hydroxylation sites is 4. The number of hydrogen-bond acceptors (Lipinski definition) is 45. The Morgan fingerprint density at radius 1 is 0.510 bits per heavy atom. The van der Waals surface area contributed by atoms with Crippen molar-refractivity contribution in [3.63, 3.8) is 0 Å². The van der Waals surface area contributed by atoms with E-state index < -0.39 is 240 Å². The molecular formula is C87H86IN10O45P6-5. The van der Waals surface area contributed by atoms with Gasteiger partial charge < -0.3 is 135 Å². The normalized spacial score (nSPS) is 21.2. The number of rotatable bonds is 42. The highest BCUT2D eigenvalue weighted by atomic mass is 127. The van der Waals surface area contributed by atoms with Crippen LogP contribution in [0.1, 0.15) is 78.4 Å². The summed E-state index contributed by atoms with van der Waals surface area (Å²) < 4.78 is 164. The summed E-state index contributed by atoms with van der Waals surface area (Å²) in [5.74, 6) is -5.70. The highest BCUT2D eigenvalue weighted by Gasteiger charge is 2.56. The molecule has 796 valence electrons. The molecule has 0 bridgehead atoms. The summed E-state index contributed by atoms with van der Waals surface area (Å²) >= 11 is 1.69. The maximum absolute atomic E-state index is 13.3. The number of halogens is 1. The monoisotopic (exact) mass is 2300 g/mol. The van der Waals surface area contributed by atoms with Gasteiger partial charge in [0.05, 0.1) is 30.9 Å². The van der Waals surface area contributed by atoms with E-state index in [-0.39, 0.29) is 62.8 Å². The molecule has 3 amide bonds. The van der Waals surface area contributed by atoms with Crippen molar-refractivity contribution in [3.05, 3.63) is 300 Å². The number of carboxylic acid groups (broad SMARTS) is 2. The molecule has 10 N–H and O–H groups in total. The average Bonchev–Trinajstić information content (AvgIpc) is 1.63. The molecule has 6 heterocycles. The summed E-state index contributed by atoms with van der Waals surface area (Å²) in [6.07, 6.45) is -23.4. The molecule has 0 radical (unpaired) electrons. The van der Waals surface area contributed by atoms with Crippen molar-refractivity contribution < 1.29 is 198 Å². The lowest BCUT2D eigenvalue weighted by Crippen LogP contribution is -2.59. The van der Waals surface area contributed by atoms with E-state index in [1.807, 2.05) is 11.9 Å². The van der Waals surface area contributed by atoms with Crippen LogP contribution in [0.5, 0.6) is 17.2 Å². The first-order valence-electron chi connectivity index (χ1n) is 43.4. The molecule has 13 rings (SSSR count). The Bertz CT molecular complexity index is 6940. The van der Waals surface area contributed by atoms with Gasteiger partial charge in [-0.1, -0.05) is 135 Å². The number of aromatic nitrogens is 6. The van der Waals surface area contributed by atoms with E-state index in [2.05, 4.69) is 47.9 Å². The number of aliphatic hydroxyl groups excluding tert-OH is 1. The molecule has 3 aliphatic heterocycles. The van der Waals surface area contributed by atoms with Gasteiger partial charge in [0.15, 0.2) is 52.1 Å². The van der Waals surface area contributed by atoms with Crippen molar-refractivity contribution in [1.29, 1.82) is 0 Å². The highest BCUT2D eigenvalue weighted by Crippen LogP contribution is 2.58. The second kappa shape index (κ2) is 53.3. The minimum absolute atomic E-state index is 0.00111.